The highest BCUT2D eigenvalue weighted by molar-refractivity contribution is 5.79. The van der Waals surface area contributed by atoms with Crippen molar-refractivity contribution in [2.75, 3.05) is 11.1 Å². The molecule has 1 heterocycles. The molecule has 2 unspecified atom stereocenters. The number of nitrogens with two attached hydrogens (primary N) is 1. The Kier molecular flexibility index (Phi) is 2.78. The summed E-state index contributed by atoms with van der Waals surface area (Å²) < 4.78 is 0. The van der Waals surface area contributed by atoms with Gasteiger partial charge in [0.15, 0.2) is 11.6 Å². The SMILES string of the molecule is CC1CCC(Nc2nc3ccccc3nc2N)C1. The molecule has 3 rings (SSSR count). The van der Waals surface area contributed by atoms with Crippen LogP contribution in [-0.4, -0.2) is 16.0 Å². The molecular formula is C14H18N4. The van der Waals surface area contributed by atoms with E-state index in [1.54, 1.807) is 0 Å². The molecule has 18 heavy (non-hydrogen) atoms. The van der Waals surface area contributed by atoms with Crippen LogP contribution in [0, 0.1) is 5.92 Å². The molecule has 94 valence electrons. The van der Waals surface area contributed by atoms with Crippen LogP contribution in [-0.2, 0) is 0 Å². The molecule has 4 nitrogen and oxygen atoms in total. The molecule has 2 aromatic rings. The number of anilines is 2. The van der Waals surface area contributed by atoms with Crippen molar-refractivity contribution in [2.24, 2.45) is 5.92 Å². The van der Waals surface area contributed by atoms with Gasteiger partial charge in [-0.15, -0.1) is 0 Å². The molecule has 1 aromatic carbocycles. The minimum absolute atomic E-state index is 0.484. The van der Waals surface area contributed by atoms with Crippen LogP contribution in [0.2, 0.25) is 0 Å². The first-order valence-corrected chi connectivity index (χ1v) is 6.51. The Hall–Kier alpha value is -1.84. The third-order valence-corrected chi connectivity index (χ3v) is 3.63. The maximum atomic E-state index is 5.96. The molecule has 0 amide bonds. The van der Waals surface area contributed by atoms with E-state index in [2.05, 4.69) is 22.2 Å². The van der Waals surface area contributed by atoms with E-state index in [0.717, 1.165) is 22.8 Å². The Balaban J connectivity index is 1.89. The van der Waals surface area contributed by atoms with Gasteiger partial charge in [0.05, 0.1) is 11.0 Å². The summed E-state index contributed by atoms with van der Waals surface area (Å²) in [5.41, 5.74) is 7.70. The molecule has 1 fully saturated rings. The van der Waals surface area contributed by atoms with Crippen molar-refractivity contribution < 1.29 is 0 Å². The van der Waals surface area contributed by atoms with E-state index in [4.69, 9.17) is 5.73 Å². The summed E-state index contributed by atoms with van der Waals surface area (Å²) in [6.07, 6.45) is 3.65. The Morgan fingerprint density at radius 1 is 1.17 bits per heavy atom. The number of benzene rings is 1. The van der Waals surface area contributed by atoms with Crippen molar-refractivity contribution in [3.8, 4) is 0 Å². The molecule has 1 aromatic heterocycles. The Morgan fingerprint density at radius 3 is 2.56 bits per heavy atom. The first-order chi connectivity index (χ1) is 8.72. The fourth-order valence-electron chi connectivity index (χ4n) is 2.65. The van der Waals surface area contributed by atoms with Crippen molar-refractivity contribution in [3.63, 3.8) is 0 Å². The smallest absolute Gasteiger partial charge is 0.169 e. The Bertz CT molecular complexity index is 567. The molecule has 0 aliphatic heterocycles. The highest BCUT2D eigenvalue weighted by Crippen LogP contribution is 2.28. The summed E-state index contributed by atoms with van der Waals surface area (Å²) in [4.78, 5) is 8.95. The second kappa shape index (κ2) is 4.44. The van der Waals surface area contributed by atoms with Gasteiger partial charge < -0.3 is 11.1 Å². The number of nitrogen functional groups attached to an aromatic ring is 1. The molecule has 0 spiro atoms. The summed E-state index contributed by atoms with van der Waals surface area (Å²) in [5.74, 6) is 2.01. The number of rotatable bonds is 2. The first kappa shape index (κ1) is 11.3. The van der Waals surface area contributed by atoms with E-state index in [-0.39, 0.29) is 0 Å². The maximum absolute atomic E-state index is 5.96. The van der Waals surface area contributed by atoms with Gasteiger partial charge >= 0.3 is 0 Å². The highest BCUT2D eigenvalue weighted by atomic mass is 15.1. The second-order valence-corrected chi connectivity index (χ2v) is 5.21. The van der Waals surface area contributed by atoms with Crippen LogP contribution in [0.25, 0.3) is 11.0 Å². The second-order valence-electron chi connectivity index (χ2n) is 5.21. The lowest BCUT2D eigenvalue weighted by atomic mass is 10.1. The van der Waals surface area contributed by atoms with Crippen LogP contribution in [0.1, 0.15) is 26.2 Å². The van der Waals surface area contributed by atoms with Crippen molar-refractivity contribution in [2.45, 2.75) is 32.2 Å². The van der Waals surface area contributed by atoms with E-state index in [9.17, 15) is 0 Å². The zero-order valence-electron chi connectivity index (χ0n) is 10.6. The number of aromatic nitrogens is 2. The van der Waals surface area contributed by atoms with Crippen LogP contribution >= 0.6 is 0 Å². The van der Waals surface area contributed by atoms with Crippen LogP contribution in [0.4, 0.5) is 11.6 Å². The molecule has 0 saturated heterocycles. The minimum atomic E-state index is 0.484. The summed E-state index contributed by atoms with van der Waals surface area (Å²) in [6.45, 7) is 2.29. The van der Waals surface area contributed by atoms with Gasteiger partial charge in [0.25, 0.3) is 0 Å². The van der Waals surface area contributed by atoms with E-state index in [1.165, 1.54) is 19.3 Å². The summed E-state index contributed by atoms with van der Waals surface area (Å²) >= 11 is 0. The van der Waals surface area contributed by atoms with Crippen LogP contribution in [0.15, 0.2) is 24.3 Å². The molecule has 1 saturated carbocycles. The zero-order valence-corrected chi connectivity index (χ0v) is 10.6. The first-order valence-electron chi connectivity index (χ1n) is 6.51. The summed E-state index contributed by atoms with van der Waals surface area (Å²) in [6, 6.07) is 8.29. The number of para-hydroxylation sites is 2. The van der Waals surface area contributed by atoms with Gasteiger partial charge in [-0.1, -0.05) is 19.1 Å². The monoisotopic (exact) mass is 242 g/mol. The fourth-order valence-corrected chi connectivity index (χ4v) is 2.65. The molecule has 0 radical (unpaired) electrons. The fraction of sp³-hybridized carbons (Fsp3) is 0.429. The minimum Gasteiger partial charge on any atom is -0.381 e. The third kappa shape index (κ3) is 2.10. The Morgan fingerprint density at radius 2 is 1.89 bits per heavy atom. The number of hydrogen-bond acceptors (Lipinski definition) is 4. The van der Waals surface area contributed by atoms with E-state index in [1.807, 2.05) is 24.3 Å². The summed E-state index contributed by atoms with van der Waals surface area (Å²) in [7, 11) is 0. The van der Waals surface area contributed by atoms with Crippen molar-refractivity contribution in [1.82, 2.24) is 9.97 Å². The van der Waals surface area contributed by atoms with E-state index < -0.39 is 0 Å². The number of fused-ring (bicyclic) bond motifs is 1. The van der Waals surface area contributed by atoms with Gasteiger partial charge in [-0.2, -0.15) is 0 Å². The largest absolute Gasteiger partial charge is 0.381 e. The summed E-state index contributed by atoms with van der Waals surface area (Å²) in [5, 5.41) is 3.43. The molecule has 1 aliphatic rings. The Labute approximate surface area is 107 Å². The van der Waals surface area contributed by atoms with Gasteiger partial charge in [0, 0.05) is 6.04 Å². The lowest BCUT2D eigenvalue weighted by Crippen LogP contribution is -2.18. The number of nitrogens with zero attached hydrogens (tertiary/aromatic N) is 2. The van der Waals surface area contributed by atoms with Gasteiger partial charge in [-0.25, -0.2) is 9.97 Å². The normalized spacial score (nSPS) is 23.4. The zero-order chi connectivity index (χ0) is 12.5. The maximum Gasteiger partial charge on any atom is 0.169 e. The number of hydrogen-bond donors (Lipinski definition) is 2. The van der Waals surface area contributed by atoms with Gasteiger partial charge in [0.1, 0.15) is 0 Å². The van der Waals surface area contributed by atoms with Crippen molar-refractivity contribution in [3.05, 3.63) is 24.3 Å². The third-order valence-electron chi connectivity index (χ3n) is 3.63. The van der Waals surface area contributed by atoms with E-state index >= 15 is 0 Å². The topological polar surface area (TPSA) is 63.8 Å². The standard InChI is InChI=1S/C14H18N4/c1-9-6-7-10(8-9)16-14-13(15)17-11-4-2-3-5-12(11)18-14/h2-5,9-10H,6-8H2,1H3,(H2,15,17)(H,16,18). The van der Waals surface area contributed by atoms with Crippen molar-refractivity contribution in [1.29, 1.82) is 0 Å². The average Bonchev–Trinajstić information content (AvgIpc) is 2.76. The molecule has 0 bridgehead atoms. The quantitative estimate of drug-likeness (QED) is 0.850. The highest BCUT2D eigenvalue weighted by Gasteiger charge is 2.22. The van der Waals surface area contributed by atoms with E-state index in [0.29, 0.717) is 11.9 Å². The van der Waals surface area contributed by atoms with Crippen molar-refractivity contribution >= 4 is 22.7 Å². The van der Waals surface area contributed by atoms with Crippen LogP contribution in [0.3, 0.4) is 0 Å². The lowest BCUT2D eigenvalue weighted by Gasteiger charge is -2.14. The predicted molar refractivity (Wildman–Crippen MR) is 74.4 cm³/mol. The van der Waals surface area contributed by atoms with Gasteiger partial charge in [0.2, 0.25) is 0 Å². The average molecular weight is 242 g/mol. The molecule has 4 heteroatoms. The predicted octanol–water partition coefficient (Wildman–Crippen LogP) is 2.81. The number of nitrogens with one attached hydrogen (secondary N) is 1. The lowest BCUT2D eigenvalue weighted by molar-refractivity contribution is 0.602. The molecule has 1 aliphatic carbocycles. The molecular weight excluding hydrogens is 224 g/mol. The molecule has 2 atom stereocenters. The van der Waals surface area contributed by atoms with Gasteiger partial charge in [-0.05, 0) is 37.3 Å². The van der Waals surface area contributed by atoms with Crippen LogP contribution in [0.5, 0.6) is 0 Å². The molecule has 3 N–H and O–H groups in total. The van der Waals surface area contributed by atoms with Crippen LogP contribution < -0.4 is 11.1 Å². The van der Waals surface area contributed by atoms with Gasteiger partial charge in [-0.3, -0.25) is 0 Å².